The fourth-order valence-electron chi connectivity index (χ4n) is 1.95. The molecule has 0 spiro atoms. The molecule has 1 atom stereocenters. The van der Waals surface area contributed by atoms with E-state index in [1.165, 1.54) is 0 Å². The summed E-state index contributed by atoms with van der Waals surface area (Å²) in [7, 11) is 2.13. The van der Waals surface area contributed by atoms with Gasteiger partial charge in [0.15, 0.2) is 0 Å². The summed E-state index contributed by atoms with van der Waals surface area (Å²) in [6.07, 6.45) is 0. The maximum absolute atomic E-state index is 5.65. The first-order valence-corrected chi connectivity index (χ1v) is 5.66. The Labute approximate surface area is 101 Å². The molecule has 1 fully saturated rings. The van der Waals surface area contributed by atoms with E-state index in [1.807, 2.05) is 6.07 Å². The topological polar surface area (TPSA) is 96.3 Å². The highest BCUT2D eigenvalue weighted by molar-refractivity contribution is 5.52. The quantitative estimate of drug-likeness (QED) is 0.470. The molecular weight excluding hydrogens is 218 g/mol. The van der Waals surface area contributed by atoms with Gasteiger partial charge < -0.3 is 21.0 Å². The average Bonchev–Trinajstić information content (AvgIpc) is 2.32. The Bertz CT molecular complexity index is 394. The molecule has 1 saturated heterocycles. The second-order valence-electron chi connectivity index (χ2n) is 4.39. The van der Waals surface area contributed by atoms with Gasteiger partial charge in [-0.05, 0) is 14.0 Å². The van der Waals surface area contributed by atoms with Gasteiger partial charge in [0.2, 0.25) is 5.95 Å². The Balaban J connectivity index is 2.19. The molecule has 2 rings (SSSR count). The summed E-state index contributed by atoms with van der Waals surface area (Å²) in [5, 5.41) is 0. The van der Waals surface area contributed by atoms with E-state index in [0.717, 1.165) is 25.5 Å². The second kappa shape index (κ2) is 4.72. The minimum Gasteiger partial charge on any atom is -0.368 e. The molecular formula is C10H19N7. The maximum atomic E-state index is 5.65. The molecule has 7 heteroatoms. The number of nitrogens with one attached hydrogen (secondary N) is 1. The van der Waals surface area contributed by atoms with Crippen molar-refractivity contribution in [2.24, 2.45) is 5.84 Å². The van der Waals surface area contributed by atoms with Crippen molar-refractivity contribution >= 4 is 17.6 Å². The van der Waals surface area contributed by atoms with E-state index in [2.05, 4.69) is 39.2 Å². The van der Waals surface area contributed by atoms with Gasteiger partial charge in [0.05, 0.1) is 0 Å². The maximum Gasteiger partial charge on any atom is 0.223 e. The molecule has 17 heavy (non-hydrogen) atoms. The van der Waals surface area contributed by atoms with Crippen LogP contribution in [0.5, 0.6) is 0 Å². The lowest BCUT2D eigenvalue weighted by Gasteiger charge is -2.38. The number of nitrogen functional groups attached to an aromatic ring is 2. The highest BCUT2D eigenvalue weighted by Crippen LogP contribution is 2.19. The average molecular weight is 237 g/mol. The van der Waals surface area contributed by atoms with Crippen LogP contribution < -0.4 is 21.9 Å². The van der Waals surface area contributed by atoms with Crippen LogP contribution >= 0.6 is 0 Å². The number of hydrogen-bond donors (Lipinski definition) is 3. The molecule has 1 aliphatic heterocycles. The number of anilines is 3. The number of nitrogens with zero attached hydrogens (tertiary/aromatic N) is 4. The van der Waals surface area contributed by atoms with Crippen LogP contribution in [0, 0.1) is 0 Å². The lowest BCUT2D eigenvalue weighted by Crippen LogP contribution is -2.50. The molecule has 1 aliphatic rings. The molecule has 94 valence electrons. The first-order valence-electron chi connectivity index (χ1n) is 5.66. The van der Waals surface area contributed by atoms with E-state index in [1.54, 1.807) is 0 Å². The molecule has 2 heterocycles. The van der Waals surface area contributed by atoms with Gasteiger partial charge >= 0.3 is 0 Å². The Morgan fingerprint density at radius 2 is 2.18 bits per heavy atom. The largest absolute Gasteiger partial charge is 0.368 e. The van der Waals surface area contributed by atoms with Crippen molar-refractivity contribution in [2.75, 3.05) is 42.7 Å². The van der Waals surface area contributed by atoms with Crippen LogP contribution in [0.2, 0.25) is 0 Å². The van der Waals surface area contributed by atoms with Gasteiger partial charge in [-0.2, -0.15) is 9.97 Å². The standard InChI is InChI=1S/C10H19N7/c1-7-6-17(4-3-16(7)2)9-5-8(15-12)13-10(11)14-9/h5,7H,3-4,6,12H2,1-2H3,(H3,11,13,14,15). The summed E-state index contributed by atoms with van der Waals surface area (Å²) in [6, 6.07) is 2.31. The molecule has 1 unspecified atom stereocenters. The molecule has 5 N–H and O–H groups in total. The lowest BCUT2D eigenvalue weighted by atomic mass is 10.2. The smallest absolute Gasteiger partial charge is 0.223 e. The minimum atomic E-state index is 0.238. The predicted octanol–water partition coefficient (Wildman–Crippen LogP) is -0.515. The molecule has 0 radical (unpaired) electrons. The fraction of sp³-hybridized carbons (Fsp3) is 0.600. The van der Waals surface area contributed by atoms with Crippen molar-refractivity contribution in [1.29, 1.82) is 0 Å². The minimum absolute atomic E-state index is 0.238. The van der Waals surface area contributed by atoms with E-state index in [9.17, 15) is 0 Å². The van der Waals surface area contributed by atoms with E-state index in [-0.39, 0.29) is 5.95 Å². The van der Waals surface area contributed by atoms with E-state index in [4.69, 9.17) is 11.6 Å². The van der Waals surface area contributed by atoms with E-state index >= 15 is 0 Å². The van der Waals surface area contributed by atoms with E-state index < -0.39 is 0 Å². The first kappa shape index (κ1) is 11.9. The van der Waals surface area contributed by atoms with Crippen LogP contribution in [0.15, 0.2) is 6.07 Å². The number of hydrogen-bond acceptors (Lipinski definition) is 7. The summed E-state index contributed by atoms with van der Waals surface area (Å²) in [5.41, 5.74) is 8.15. The molecule has 1 aromatic heterocycles. The summed E-state index contributed by atoms with van der Waals surface area (Å²) >= 11 is 0. The first-order chi connectivity index (χ1) is 8.10. The van der Waals surface area contributed by atoms with Gasteiger partial charge in [0.25, 0.3) is 0 Å². The lowest BCUT2D eigenvalue weighted by molar-refractivity contribution is 0.233. The molecule has 0 bridgehead atoms. The number of nitrogens with two attached hydrogens (primary N) is 2. The van der Waals surface area contributed by atoms with Crippen LogP contribution in [-0.2, 0) is 0 Å². The fourth-order valence-corrected chi connectivity index (χ4v) is 1.95. The molecule has 0 aromatic carbocycles. The van der Waals surface area contributed by atoms with Gasteiger partial charge in [-0.15, -0.1) is 0 Å². The van der Waals surface area contributed by atoms with Crippen LogP contribution in [-0.4, -0.2) is 47.6 Å². The van der Waals surface area contributed by atoms with Crippen molar-refractivity contribution < 1.29 is 0 Å². The third kappa shape index (κ3) is 2.56. The van der Waals surface area contributed by atoms with E-state index in [0.29, 0.717) is 11.9 Å². The molecule has 0 amide bonds. The highest BCUT2D eigenvalue weighted by atomic mass is 15.3. The molecule has 0 saturated carbocycles. The van der Waals surface area contributed by atoms with Gasteiger partial charge in [0, 0.05) is 31.7 Å². The zero-order valence-electron chi connectivity index (χ0n) is 10.2. The summed E-state index contributed by atoms with van der Waals surface area (Å²) in [5.74, 6) is 6.95. The molecule has 7 nitrogen and oxygen atoms in total. The number of aromatic nitrogens is 2. The van der Waals surface area contributed by atoms with Crippen molar-refractivity contribution in [2.45, 2.75) is 13.0 Å². The zero-order valence-corrected chi connectivity index (χ0v) is 10.2. The SMILES string of the molecule is CC1CN(c2cc(NN)nc(N)n2)CCN1C. The second-order valence-corrected chi connectivity index (χ2v) is 4.39. The van der Waals surface area contributed by atoms with Crippen LogP contribution in [0.25, 0.3) is 0 Å². The normalized spacial score (nSPS) is 21.6. The zero-order chi connectivity index (χ0) is 12.4. The predicted molar refractivity (Wildman–Crippen MR) is 68.6 cm³/mol. The molecule has 0 aliphatic carbocycles. The van der Waals surface area contributed by atoms with Gasteiger partial charge in [-0.3, -0.25) is 0 Å². The molecule has 1 aromatic rings. The monoisotopic (exact) mass is 237 g/mol. The highest BCUT2D eigenvalue weighted by Gasteiger charge is 2.22. The summed E-state index contributed by atoms with van der Waals surface area (Å²) < 4.78 is 0. The third-order valence-electron chi connectivity index (χ3n) is 3.16. The number of rotatable bonds is 2. The van der Waals surface area contributed by atoms with Gasteiger partial charge in [0.1, 0.15) is 11.6 Å². The Morgan fingerprint density at radius 3 is 2.82 bits per heavy atom. The van der Waals surface area contributed by atoms with Crippen LogP contribution in [0.4, 0.5) is 17.6 Å². The Hall–Kier alpha value is -1.60. The number of likely N-dealkylation sites (N-methyl/N-ethyl adjacent to an activating group) is 1. The van der Waals surface area contributed by atoms with Crippen LogP contribution in [0.3, 0.4) is 0 Å². The van der Waals surface area contributed by atoms with Gasteiger partial charge in [-0.1, -0.05) is 0 Å². The third-order valence-corrected chi connectivity index (χ3v) is 3.16. The summed E-state index contributed by atoms with van der Waals surface area (Å²) in [4.78, 5) is 12.7. The Morgan fingerprint density at radius 1 is 1.41 bits per heavy atom. The summed E-state index contributed by atoms with van der Waals surface area (Å²) in [6.45, 7) is 5.06. The number of hydrazine groups is 1. The van der Waals surface area contributed by atoms with Crippen LogP contribution in [0.1, 0.15) is 6.92 Å². The number of piperazine rings is 1. The Kier molecular flexibility index (Phi) is 3.30. The van der Waals surface area contributed by atoms with Crippen molar-refractivity contribution in [3.8, 4) is 0 Å². The van der Waals surface area contributed by atoms with Crippen molar-refractivity contribution in [3.63, 3.8) is 0 Å². The van der Waals surface area contributed by atoms with Gasteiger partial charge in [-0.25, -0.2) is 5.84 Å². The van der Waals surface area contributed by atoms with Crippen molar-refractivity contribution in [1.82, 2.24) is 14.9 Å². The van der Waals surface area contributed by atoms with Crippen molar-refractivity contribution in [3.05, 3.63) is 6.07 Å².